The van der Waals surface area contributed by atoms with Gasteiger partial charge in [0.05, 0.1) is 4.90 Å². The fraction of sp³-hybridized carbons (Fsp3) is 0.235. The molecule has 1 aliphatic rings. The zero-order valence-corrected chi connectivity index (χ0v) is 14.0. The zero-order valence-electron chi connectivity index (χ0n) is 13.2. The monoisotopic (exact) mass is 346 g/mol. The van der Waals surface area contributed by atoms with Gasteiger partial charge < -0.3 is 9.64 Å². The minimum Gasteiger partial charge on any atom is -0.481 e. The van der Waals surface area contributed by atoms with E-state index >= 15 is 0 Å². The molecule has 2 N–H and O–H groups in total. The highest BCUT2D eigenvalue weighted by Crippen LogP contribution is 2.31. The third-order valence-corrected chi connectivity index (χ3v) is 4.86. The van der Waals surface area contributed by atoms with Gasteiger partial charge in [-0.25, -0.2) is 13.6 Å². The van der Waals surface area contributed by atoms with Gasteiger partial charge in [0.1, 0.15) is 5.75 Å². The Hall–Kier alpha value is -2.38. The van der Waals surface area contributed by atoms with Crippen LogP contribution in [-0.4, -0.2) is 27.0 Å². The van der Waals surface area contributed by atoms with Crippen molar-refractivity contribution >= 4 is 21.6 Å². The van der Waals surface area contributed by atoms with Gasteiger partial charge in [-0.3, -0.25) is 4.79 Å². The molecule has 0 aromatic heterocycles. The second-order valence-electron chi connectivity index (χ2n) is 5.65. The fourth-order valence-electron chi connectivity index (χ4n) is 2.74. The first-order valence-electron chi connectivity index (χ1n) is 7.55. The summed E-state index contributed by atoms with van der Waals surface area (Å²) in [6.07, 6.45) is -0.0131. The molecule has 0 aliphatic carbocycles. The van der Waals surface area contributed by atoms with Crippen LogP contribution < -0.4 is 14.8 Å². The van der Waals surface area contributed by atoms with Gasteiger partial charge in [-0.15, -0.1) is 0 Å². The van der Waals surface area contributed by atoms with Crippen LogP contribution in [0.15, 0.2) is 53.4 Å². The average molecular weight is 346 g/mol. The van der Waals surface area contributed by atoms with Gasteiger partial charge in [0.15, 0.2) is 6.10 Å². The molecule has 1 amide bonds. The van der Waals surface area contributed by atoms with Crippen LogP contribution in [0, 0.1) is 0 Å². The van der Waals surface area contributed by atoms with Gasteiger partial charge in [-0.1, -0.05) is 24.3 Å². The van der Waals surface area contributed by atoms with Gasteiger partial charge >= 0.3 is 0 Å². The molecule has 0 saturated heterocycles. The molecule has 7 heteroatoms. The fourth-order valence-corrected chi connectivity index (χ4v) is 3.27. The van der Waals surface area contributed by atoms with Crippen LogP contribution in [0.4, 0.5) is 5.69 Å². The van der Waals surface area contributed by atoms with Gasteiger partial charge in [0.2, 0.25) is 10.0 Å². The topological polar surface area (TPSA) is 89.7 Å². The third kappa shape index (κ3) is 3.27. The molecule has 0 spiro atoms. The molecule has 126 valence electrons. The molecule has 6 nitrogen and oxygen atoms in total. The number of para-hydroxylation sites is 1. The highest BCUT2D eigenvalue weighted by molar-refractivity contribution is 7.89. The van der Waals surface area contributed by atoms with E-state index in [2.05, 4.69) is 0 Å². The Morgan fingerprint density at radius 3 is 2.58 bits per heavy atom. The summed E-state index contributed by atoms with van der Waals surface area (Å²) in [5.41, 5.74) is 1.50. The van der Waals surface area contributed by atoms with Crippen LogP contribution in [0.5, 0.6) is 5.75 Å². The van der Waals surface area contributed by atoms with Crippen LogP contribution in [0.25, 0.3) is 0 Å². The number of hydrogen-bond donors (Lipinski definition) is 1. The number of hydrogen-bond acceptors (Lipinski definition) is 4. The normalized spacial score (nSPS) is 15.0. The van der Waals surface area contributed by atoms with Crippen molar-refractivity contribution in [1.82, 2.24) is 0 Å². The Labute approximate surface area is 140 Å². The smallest absolute Gasteiger partial charge is 0.267 e. The number of benzene rings is 2. The van der Waals surface area contributed by atoms with Crippen LogP contribution in [0.2, 0.25) is 0 Å². The molecule has 1 atom stereocenters. The maximum atomic E-state index is 12.7. The van der Waals surface area contributed by atoms with E-state index in [1.54, 1.807) is 30.0 Å². The van der Waals surface area contributed by atoms with Gasteiger partial charge in [0, 0.05) is 12.2 Å². The number of primary sulfonamides is 1. The first-order chi connectivity index (χ1) is 11.4. The molecule has 1 aliphatic heterocycles. The van der Waals surface area contributed by atoms with E-state index in [1.807, 2.05) is 18.2 Å². The van der Waals surface area contributed by atoms with E-state index in [0.29, 0.717) is 24.4 Å². The molecule has 3 rings (SSSR count). The predicted molar refractivity (Wildman–Crippen MR) is 90.4 cm³/mol. The number of amides is 1. The van der Waals surface area contributed by atoms with Crippen molar-refractivity contribution in [3.05, 3.63) is 54.1 Å². The van der Waals surface area contributed by atoms with Crippen LogP contribution in [0.3, 0.4) is 0 Å². The highest BCUT2D eigenvalue weighted by Gasteiger charge is 2.30. The number of nitrogens with zero attached hydrogens (tertiary/aromatic N) is 1. The van der Waals surface area contributed by atoms with Crippen LogP contribution in [0.1, 0.15) is 12.5 Å². The second kappa shape index (κ2) is 6.26. The molecule has 1 heterocycles. The summed E-state index contributed by atoms with van der Waals surface area (Å²) in [4.78, 5) is 14.2. The number of ether oxygens (including phenoxy) is 1. The first kappa shape index (κ1) is 16.5. The predicted octanol–water partition coefficient (Wildman–Crippen LogP) is 1.69. The van der Waals surface area contributed by atoms with E-state index in [1.165, 1.54) is 12.1 Å². The standard InChI is InChI=1S/C17H18N2O4S/c1-12(23-14-5-3-2-4-6-14)17(20)19-10-9-13-7-8-15(11-16(13)19)24(18,21)22/h2-8,11-12H,9-10H2,1H3,(H2,18,21,22)/t12-/m0/s1. The molecular weight excluding hydrogens is 328 g/mol. The van der Waals surface area contributed by atoms with Crippen molar-refractivity contribution in [3.63, 3.8) is 0 Å². The Morgan fingerprint density at radius 1 is 1.21 bits per heavy atom. The maximum absolute atomic E-state index is 12.7. The number of sulfonamides is 1. The number of nitrogens with two attached hydrogens (primary N) is 1. The molecule has 2 aromatic rings. The summed E-state index contributed by atoms with van der Waals surface area (Å²) in [6, 6.07) is 13.7. The minimum absolute atomic E-state index is 0.00224. The van der Waals surface area contributed by atoms with Gasteiger partial charge in [-0.05, 0) is 43.2 Å². The number of carbonyl (C=O) groups excluding carboxylic acids is 1. The number of fused-ring (bicyclic) bond motifs is 1. The quantitative estimate of drug-likeness (QED) is 0.912. The van der Waals surface area contributed by atoms with Crippen molar-refractivity contribution in [2.75, 3.05) is 11.4 Å². The number of anilines is 1. The SMILES string of the molecule is C[C@H](Oc1ccccc1)C(=O)N1CCc2ccc(S(N)(=O)=O)cc21. The van der Waals surface area contributed by atoms with Crippen molar-refractivity contribution in [2.24, 2.45) is 5.14 Å². The molecule has 0 fully saturated rings. The Bertz CT molecular complexity index is 865. The lowest BCUT2D eigenvalue weighted by atomic mass is 10.2. The lowest BCUT2D eigenvalue weighted by Crippen LogP contribution is -2.39. The van der Waals surface area contributed by atoms with E-state index in [9.17, 15) is 13.2 Å². The van der Waals surface area contributed by atoms with E-state index in [4.69, 9.17) is 9.88 Å². The average Bonchev–Trinajstić information content (AvgIpc) is 2.97. The summed E-state index contributed by atoms with van der Waals surface area (Å²) in [7, 11) is -3.81. The molecular formula is C17H18N2O4S. The van der Waals surface area contributed by atoms with E-state index < -0.39 is 16.1 Å². The molecule has 0 radical (unpaired) electrons. The lowest BCUT2D eigenvalue weighted by molar-refractivity contribution is -0.124. The molecule has 0 unspecified atom stereocenters. The summed E-state index contributed by atoms with van der Waals surface area (Å²) < 4.78 is 28.7. The Balaban J connectivity index is 1.83. The van der Waals surface area contributed by atoms with E-state index in [-0.39, 0.29) is 10.8 Å². The van der Waals surface area contributed by atoms with Gasteiger partial charge in [0.25, 0.3) is 5.91 Å². The molecule has 0 bridgehead atoms. The zero-order chi connectivity index (χ0) is 17.3. The summed E-state index contributed by atoms with van der Waals surface area (Å²) >= 11 is 0. The van der Waals surface area contributed by atoms with Gasteiger partial charge in [-0.2, -0.15) is 0 Å². The maximum Gasteiger partial charge on any atom is 0.267 e. The van der Waals surface area contributed by atoms with Crippen LogP contribution >= 0.6 is 0 Å². The first-order valence-corrected chi connectivity index (χ1v) is 9.10. The molecule has 24 heavy (non-hydrogen) atoms. The van der Waals surface area contributed by atoms with E-state index in [0.717, 1.165) is 5.56 Å². The van der Waals surface area contributed by atoms with Crippen molar-refractivity contribution in [3.8, 4) is 5.75 Å². The number of carbonyl (C=O) groups is 1. The number of rotatable bonds is 4. The third-order valence-electron chi connectivity index (χ3n) is 3.95. The Morgan fingerprint density at radius 2 is 1.92 bits per heavy atom. The molecule has 2 aromatic carbocycles. The van der Waals surface area contributed by atoms with Crippen LogP contribution in [-0.2, 0) is 21.2 Å². The Kier molecular flexibility index (Phi) is 4.29. The summed E-state index contributed by atoms with van der Waals surface area (Å²) in [6.45, 7) is 2.17. The summed E-state index contributed by atoms with van der Waals surface area (Å²) in [5, 5.41) is 5.18. The highest BCUT2D eigenvalue weighted by atomic mass is 32.2. The van der Waals surface area contributed by atoms with Crippen molar-refractivity contribution < 1.29 is 17.9 Å². The summed E-state index contributed by atoms with van der Waals surface area (Å²) in [5.74, 6) is 0.389. The second-order valence-corrected chi connectivity index (χ2v) is 7.21. The van der Waals surface area contributed by atoms with Crippen molar-refractivity contribution in [2.45, 2.75) is 24.3 Å². The largest absolute Gasteiger partial charge is 0.481 e. The minimum atomic E-state index is -3.81. The molecule has 0 saturated carbocycles. The lowest BCUT2D eigenvalue weighted by Gasteiger charge is -2.22. The van der Waals surface area contributed by atoms with Crippen molar-refractivity contribution in [1.29, 1.82) is 0 Å².